The number of hydrogen-bond donors (Lipinski definition) is 4. The van der Waals surface area contributed by atoms with Crippen LogP contribution < -0.4 is 22.8 Å². The summed E-state index contributed by atoms with van der Waals surface area (Å²) < 4.78 is 45.4. The molecule has 0 aliphatic rings. The zero-order valence-electron chi connectivity index (χ0n) is 33.5. The van der Waals surface area contributed by atoms with Gasteiger partial charge in [0.05, 0.1) is 13.1 Å². The summed E-state index contributed by atoms with van der Waals surface area (Å²) in [4.78, 5) is 71.3. The number of anilines is 2. The Labute approximate surface area is 354 Å². The number of hydrogen-bond acceptors (Lipinski definition) is 14. The molecule has 2 aromatic carbocycles. The predicted molar refractivity (Wildman–Crippen MR) is 231 cm³/mol. The van der Waals surface area contributed by atoms with Crippen molar-refractivity contribution in [3.63, 3.8) is 0 Å². The largest absolute Gasteiger partial charge is 0.382 e. The second-order valence-electron chi connectivity index (χ2n) is 13.3. The molecule has 24 heteroatoms. The smallest absolute Gasteiger partial charge is 0.339 e. The SMILES string of the molecule is CCN(C)C(=O)n1c(=O)n(Cc2ccc(Cl)cc2)c2nc([S@@](=N)(=O)CC)nc(N)c21.CCN(C)C(=O)n1c(=O)n(Cc2ccc(Cl)cc2)c2nc([S@](=N)(=O)CC)nc(N)c21. The average molecular weight is 904 g/mol. The Morgan fingerprint density at radius 2 is 0.950 bits per heavy atom. The molecule has 60 heavy (non-hydrogen) atoms. The number of amides is 2. The second-order valence-corrected chi connectivity index (χ2v) is 18.8. The molecule has 0 saturated carbocycles. The first-order valence-electron chi connectivity index (χ1n) is 18.3. The molecule has 20 nitrogen and oxygen atoms in total. The van der Waals surface area contributed by atoms with Crippen molar-refractivity contribution in [3.05, 3.63) is 90.7 Å². The van der Waals surface area contributed by atoms with E-state index in [1.807, 2.05) is 0 Å². The fourth-order valence-electron chi connectivity index (χ4n) is 5.65. The summed E-state index contributed by atoms with van der Waals surface area (Å²) >= 11 is 11.9. The molecule has 0 bridgehead atoms. The lowest BCUT2D eigenvalue weighted by atomic mass is 10.2. The lowest BCUT2D eigenvalue weighted by Gasteiger charge is -2.14. The number of nitrogens with one attached hydrogen (secondary N) is 2. The molecular formula is C36H44Cl2N14O6S2. The molecule has 0 saturated heterocycles. The van der Waals surface area contributed by atoms with Crippen molar-refractivity contribution in [2.75, 3.05) is 50.2 Å². The van der Waals surface area contributed by atoms with E-state index in [-0.39, 0.29) is 68.9 Å². The van der Waals surface area contributed by atoms with Crippen LogP contribution in [-0.2, 0) is 32.5 Å². The van der Waals surface area contributed by atoms with Gasteiger partial charge in [0.2, 0.25) is 10.3 Å². The van der Waals surface area contributed by atoms with Crippen molar-refractivity contribution in [1.29, 1.82) is 9.56 Å². The molecule has 320 valence electrons. The highest BCUT2D eigenvalue weighted by Crippen LogP contribution is 2.24. The molecule has 6 aromatic rings. The number of carbonyl (C=O) groups excluding carboxylic acids is 2. The fourth-order valence-corrected chi connectivity index (χ4v) is 7.38. The topological polar surface area (TPSA) is 280 Å². The molecule has 6 rings (SSSR count). The zero-order valence-corrected chi connectivity index (χ0v) is 36.7. The first kappa shape index (κ1) is 45.2. The van der Waals surface area contributed by atoms with Crippen LogP contribution in [0.2, 0.25) is 10.0 Å². The number of benzene rings is 2. The Balaban J connectivity index is 0.000000228. The summed E-state index contributed by atoms with van der Waals surface area (Å²) in [7, 11) is -3.48. The monoisotopic (exact) mass is 902 g/mol. The molecular weight excluding hydrogens is 860 g/mol. The van der Waals surface area contributed by atoms with Gasteiger partial charge in [0.1, 0.15) is 30.5 Å². The number of nitrogen functional groups attached to an aromatic ring is 2. The Bertz CT molecular complexity index is 2760. The van der Waals surface area contributed by atoms with Gasteiger partial charge in [-0.25, -0.2) is 56.3 Å². The Morgan fingerprint density at radius 1 is 0.633 bits per heavy atom. The number of imidazole rings is 2. The van der Waals surface area contributed by atoms with Gasteiger partial charge >= 0.3 is 23.4 Å². The van der Waals surface area contributed by atoms with E-state index in [1.54, 1.807) is 90.3 Å². The van der Waals surface area contributed by atoms with Crippen LogP contribution >= 0.6 is 23.2 Å². The van der Waals surface area contributed by atoms with Gasteiger partial charge in [-0.3, -0.25) is 9.13 Å². The summed E-state index contributed by atoms with van der Waals surface area (Å²) in [5.41, 5.74) is 12.4. The maximum atomic E-state index is 13.2. The van der Waals surface area contributed by atoms with Gasteiger partial charge in [-0.05, 0) is 49.2 Å². The molecule has 0 spiro atoms. The highest BCUT2D eigenvalue weighted by Gasteiger charge is 2.28. The Kier molecular flexibility index (Phi) is 13.4. The van der Waals surface area contributed by atoms with Gasteiger partial charge in [0.25, 0.3) is 0 Å². The standard InChI is InChI=1S/2C18H22ClN7O3S/c2*1-4-24(3)17(27)26-13-14(20)22-16(30(21,29)5-2)23-15(13)25(18(26)28)10-11-6-8-12(19)9-7-11/h2*6-9,21H,4-5,10H2,1-3H3,(H2,20,22,23)/t2*30-/m10/s1. The van der Waals surface area contributed by atoms with E-state index in [9.17, 15) is 27.6 Å². The molecule has 0 unspecified atom stereocenters. The summed E-state index contributed by atoms with van der Waals surface area (Å²) in [5.74, 6) is -0.406. The third-order valence-corrected chi connectivity index (χ3v) is 13.1. The first-order chi connectivity index (χ1) is 28.2. The fraction of sp³-hybridized carbons (Fsp3) is 0.333. The second kappa shape index (κ2) is 17.8. The number of carbonyl (C=O) groups is 2. The molecule has 0 aliphatic carbocycles. The normalized spacial score (nSPS) is 13.3. The van der Waals surface area contributed by atoms with Gasteiger partial charge in [-0.1, -0.05) is 61.3 Å². The summed E-state index contributed by atoms with van der Waals surface area (Å²) in [5, 5.41) is 0.541. The molecule has 0 fully saturated rings. The summed E-state index contributed by atoms with van der Waals surface area (Å²) in [6.45, 7) is 7.56. The van der Waals surface area contributed by atoms with Crippen molar-refractivity contribution in [1.82, 2.24) is 48.0 Å². The van der Waals surface area contributed by atoms with Gasteiger partial charge in [-0.15, -0.1) is 0 Å². The summed E-state index contributed by atoms with van der Waals surface area (Å²) in [6, 6.07) is 12.5. The molecule has 2 amide bonds. The predicted octanol–water partition coefficient (Wildman–Crippen LogP) is 4.44. The van der Waals surface area contributed by atoms with Crippen LogP contribution in [0.5, 0.6) is 0 Å². The van der Waals surface area contributed by atoms with Crippen molar-refractivity contribution in [3.8, 4) is 0 Å². The first-order valence-corrected chi connectivity index (χ1v) is 22.5. The number of fused-ring (bicyclic) bond motifs is 2. The van der Waals surface area contributed by atoms with E-state index in [0.29, 0.717) is 23.1 Å². The Morgan fingerprint density at radius 3 is 1.23 bits per heavy atom. The lowest BCUT2D eigenvalue weighted by molar-refractivity contribution is 0.212. The van der Waals surface area contributed by atoms with Crippen molar-refractivity contribution in [2.24, 2.45) is 0 Å². The number of aromatic nitrogens is 8. The molecule has 4 heterocycles. The number of rotatable bonds is 10. The van der Waals surface area contributed by atoms with E-state index in [4.69, 9.17) is 44.2 Å². The molecule has 2 atom stereocenters. The van der Waals surface area contributed by atoms with Crippen LogP contribution in [0.1, 0.15) is 38.8 Å². The van der Waals surface area contributed by atoms with E-state index in [0.717, 1.165) is 20.3 Å². The van der Waals surface area contributed by atoms with E-state index in [2.05, 4.69) is 19.9 Å². The van der Waals surface area contributed by atoms with E-state index < -0.39 is 42.9 Å². The van der Waals surface area contributed by atoms with Crippen LogP contribution in [0, 0.1) is 9.56 Å². The lowest BCUT2D eigenvalue weighted by Crippen LogP contribution is -2.38. The van der Waals surface area contributed by atoms with Gasteiger partial charge in [0.15, 0.2) is 22.9 Å². The maximum Gasteiger partial charge on any atom is 0.339 e. The van der Waals surface area contributed by atoms with Crippen LogP contribution in [0.4, 0.5) is 21.2 Å². The minimum Gasteiger partial charge on any atom is -0.382 e. The van der Waals surface area contributed by atoms with E-state index in [1.165, 1.54) is 18.9 Å². The van der Waals surface area contributed by atoms with Gasteiger partial charge in [-0.2, -0.15) is 9.97 Å². The Hall–Kier alpha value is -5.84. The van der Waals surface area contributed by atoms with Gasteiger partial charge in [0, 0.05) is 48.7 Å². The molecule has 6 N–H and O–H groups in total. The number of nitrogens with two attached hydrogens (primary N) is 2. The maximum absolute atomic E-state index is 13.2. The molecule has 0 radical (unpaired) electrons. The minimum absolute atomic E-state index is 0.0163. The van der Waals surface area contributed by atoms with Crippen molar-refractivity contribution < 1.29 is 18.0 Å². The molecule has 0 aliphatic heterocycles. The van der Waals surface area contributed by atoms with Gasteiger partial charge < -0.3 is 21.3 Å². The third-order valence-electron chi connectivity index (χ3n) is 9.44. The minimum atomic E-state index is -3.29. The average Bonchev–Trinajstić information content (AvgIpc) is 3.67. The third kappa shape index (κ3) is 8.86. The zero-order chi connectivity index (χ0) is 44.4. The van der Waals surface area contributed by atoms with Crippen LogP contribution in [-0.4, -0.2) is 107 Å². The quantitative estimate of drug-likeness (QED) is 0.139. The highest BCUT2D eigenvalue weighted by atomic mass is 35.5. The van der Waals surface area contributed by atoms with Crippen molar-refractivity contribution in [2.45, 2.75) is 51.1 Å². The van der Waals surface area contributed by atoms with Crippen LogP contribution in [0.25, 0.3) is 22.3 Å². The van der Waals surface area contributed by atoms with Crippen molar-refractivity contribution >= 4 is 88.7 Å². The number of halogens is 2. The highest BCUT2D eigenvalue weighted by molar-refractivity contribution is 7.92. The summed E-state index contributed by atoms with van der Waals surface area (Å²) in [6.07, 6.45) is 0. The van der Waals surface area contributed by atoms with Crippen LogP contribution in [0.15, 0.2) is 68.4 Å². The number of nitrogens with zero attached hydrogens (tertiary/aromatic N) is 10. The van der Waals surface area contributed by atoms with Crippen LogP contribution in [0.3, 0.4) is 0 Å². The molecule has 4 aromatic heterocycles. The van der Waals surface area contributed by atoms with E-state index >= 15 is 0 Å².